The van der Waals surface area contributed by atoms with Gasteiger partial charge in [-0.15, -0.1) is 0 Å². The molecule has 3 rings (SSSR count). The van der Waals surface area contributed by atoms with Crippen LogP contribution in [0.3, 0.4) is 0 Å². The van der Waals surface area contributed by atoms with Gasteiger partial charge in [-0.3, -0.25) is 4.79 Å². The van der Waals surface area contributed by atoms with Gasteiger partial charge in [-0.1, -0.05) is 50.7 Å². The van der Waals surface area contributed by atoms with Crippen LogP contribution in [0.25, 0.3) is 11.0 Å². The Morgan fingerprint density at radius 3 is 2.48 bits per heavy atom. The van der Waals surface area contributed by atoms with Gasteiger partial charge in [0.05, 0.1) is 10.0 Å². The average Bonchev–Trinajstić information content (AvgIpc) is 2.82. The van der Waals surface area contributed by atoms with Crippen molar-refractivity contribution < 1.29 is 9.21 Å². The molecule has 0 saturated heterocycles. The van der Waals surface area contributed by atoms with Crippen LogP contribution in [0.2, 0.25) is 15.1 Å². The van der Waals surface area contributed by atoms with E-state index in [-0.39, 0.29) is 11.5 Å². The number of carbonyl (C=O) groups excluding carboxylic acids is 1. The van der Waals surface area contributed by atoms with Gasteiger partial charge in [0, 0.05) is 20.4 Å². The Morgan fingerprint density at radius 2 is 1.76 bits per heavy atom. The lowest BCUT2D eigenvalue weighted by Crippen LogP contribution is -2.00. The first-order chi connectivity index (χ1) is 9.95. The molecule has 0 saturated carbocycles. The van der Waals surface area contributed by atoms with Gasteiger partial charge in [0.2, 0.25) is 5.78 Å². The normalized spacial score (nSPS) is 11.0. The highest BCUT2D eigenvalue weighted by Gasteiger charge is 2.19. The average molecular weight is 404 g/mol. The molecule has 0 aliphatic carbocycles. The summed E-state index contributed by atoms with van der Waals surface area (Å²) in [5.74, 6) is -0.144. The van der Waals surface area contributed by atoms with E-state index in [1.54, 1.807) is 36.4 Å². The lowest BCUT2D eigenvalue weighted by atomic mass is 10.1. The van der Waals surface area contributed by atoms with Crippen molar-refractivity contribution >= 4 is 67.5 Å². The monoisotopic (exact) mass is 402 g/mol. The molecular weight excluding hydrogens is 398 g/mol. The largest absolute Gasteiger partial charge is 0.451 e. The van der Waals surface area contributed by atoms with Gasteiger partial charge in [0.15, 0.2) is 11.3 Å². The fourth-order valence-electron chi connectivity index (χ4n) is 1.99. The molecule has 0 spiro atoms. The number of fused-ring (bicyclic) bond motifs is 1. The number of hydrogen-bond acceptors (Lipinski definition) is 2. The molecule has 1 aromatic heterocycles. The van der Waals surface area contributed by atoms with Gasteiger partial charge in [-0.2, -0.15) is 0 Å². The van der Waals surface area contributed by atoms with Crippen molar-refractivity contribution in [3.05, 3.63) is 67.3 Å². The maximum absolute atomic E-state index is 12.5. The molecule has 3 aromatic rings. The van der Waals surface area contributed by atoms with Gasteiger partial charge >= 0.3 is 0 Å². The zero-order chi connectivity index (χ0) is 15.1. The smallest absolute Gasteiger partial charge is 0.229 e. The highest BCUT2D eigenvalue weighted by Crippen LogP contribution is 2.32. The Bertz CT molecular complexity index is 871. The van der Waals surface area contributed by atoms with Crippen molar-refractivity contribution in [3.8, 4) is 0 Å². The second-order valence-electron chi connectivity index (χ2n) is 4.37. The van der Waals surface area contributed by atoms with Gasteiger partial charge in [0.1, 0.15) is 0 Å². The summed E-state index contributed by atoms with van der Waals surface area (Å²) in [7, 11) is 0. The molecule has 0 radical (unpaired) electrons. The van der Waals surface area contributed by atoms with E-state index in [2.05, 4.69) is 15.9 Å². The first kappa shape index (κ1) is 14.9. The summed E-state index contributed by atoms with van der Waals surface area (Å²) in [5.41, 5.74) is 0.791. The van der Waals surface area contributed by atoms with E-state index in [0.29, 0.717) is 31.6 Å². The predicted molar refractivity (Wildman–Crippen MR) is 88.8 cm³/mol. The van der Waals surface area contributed by atoms with E-state index in [9.17, 15) is 4.79 Å². The Hall–Kier alpha value is -1.000. The zero-order valence-electron chi connectivity index (χ0n) is 10.3. The number of halogens is 4. The standard InChI is InChI=1S/C15H6BrCl3O2/c16-8-1-2-10(11(18)5-8)14(20)13-4-7-3-9(17)6-12(19)15(7)21-13/h1-6H. The highest BCUT2D eigenvalue weighted by atomic mass is 79.9. The zero-order valence-corrected chi connectivity index (χ0v) is 14.1. The summed E-state index contributed by atoms with van der Waals surface area (Å²) in [4.78, 5) is 12.5. The van der Waals surface area contributed by atoms with Crippen LogP contribution in [0.5, 0.6) is 0 Å². The third-order valence-electron chi connectivity index (χ3n) is 2.94. The third-order valence-corrected chi connectivity index (χ3v) is 4.24. The molecular formula is C15H6BrCl3O2. The first-order valence-corrected chi connectivity index (χ1v) is 7.77. The van der Waals surface area contributed by atoms with Crippen LogP contribution >= 0.6 is 50.7 Å². The number of rotatable bonds is 2. The summed E-state index contributed by atoms with van der Waals surface area (Å²) < 4.78 is 6.34. The SMILES string of the molecule is O=C(c1cc2cc(Cl)cc(Cl)c2o1)c1ccc(Br)cc1Cl. The van der Waals surface area contributed by atoms with Crippen molar-refractivity contribution in [3.63, 3.8) is 0 Å². The Labute approximate surface area is 143 Å². The van der Waals surface area contributed by atoms with Crippen molar-refractivity contribution in [1.82, 2.24) is 0 Å². The second-order valence-corrected chi connectivity index (χ2v) is 6.54. The Balaban J connectivity index is 2.11. The van der Waals surface area contributed by atoms with Crippen LogP contribution in [0.15, 0.2) is 45.3 Å². The maximum Gasteiger partial charge on any atom is 0.229 e. The number of furan rings is 1. The molecule has 0 aliphatic rings. The van der Waals surface area contributed by atoms with Crippen LogP contribution in [-0.4, -0.2) is 5.78 Å². The van der Waals surface area contributed by atoms with Crippen LogP contribution < -0.4 is 0 Å². The predicted octanol–water partition coefficient (Wildman–Crippen LogP) is 6.39. The van der Waals surface area contributed by atoms with Crippen molar-refractivity contribution in [2.45, 2.75) is 0 Å². The fourth-order valence-corrected chi connectivity index (χ4v) is 3.30. The Kier molecular flexibility index (Phi) is 4.02. The minimum atomic E-state index is -0.309. The number of benzene rings is 2. The lowest BCUT2D eigenvalue weighted by molar-refractivity contribution is 0.101. The number of ketones is 1. The summed E-state index contributed by atoms with van der Waals surface area (Å²) in [5, 5.41) is 1.86. The molecule has 2 aromatic carbocycles. The van der Waals surface area contributed by atoms with Crippen molar-refractivity contribution in [1.29, 1.82) is 0 Å². The molecule has 0 N–H and O–H groups in total. The number of hydrogen-bond donors (Lipinski definition) is 0. The van der Waals surface area contributed by atoms with E-state index in [4.69, 9.17) is 39.2 Å². The van der Waals surface area contributed by atoms with Crippen LogP contribution in [0, 0.1) is 0 Å². The molecule has 0 aliphatic heterocycles. The van der Waals surface area contributed by atoms with E-state index in [1.807, 2.05) is 0 Å². The van der Waals surface area contributed by atoms with Gasteiger partial charge in [-0.25, -0.2) is 0 Å². The summed E-state index contributed by atoms with van der Waals surface area (Å²) in [6.45, 7) is 0. The van der Waals surface area contributed by atoms with E-state index >= 15 is 0 Å². The van der Waals surface area contributed by atoms with Gasteiger partial charge in [0.25, 0.3) is 0 Å². The maximum atomic E-state index is 12.5. The van der Waals surface area contributed by atoms with Crippen LogP contribution in [0.1, 0.15) is 16.1 Å². The summed E-state index contributed by atoms with van der Waals surface area (Å²) in [6.07, 6.45) is 0. The lowest BCUT2D eigenvalue weighted by Gasteiger charge is -2.01. The fraction of sp³-hybridized carbons (Fsp3) is 0. The summed E-state index contributed by atoms with van der Waals surface area (Å²) >= 11 is 21.4. The van der Waals surface area contributed by atoms with Crippen molar-refractivity contribution in [2.24, 2.45) is 0 Å². The van der Waals surface area contributed by atoms with Crippen molar-refractivity contribution in [2.75, 3.05) is 0 Å². The molecule has 0 fully saturated rings. The first-order valence-electron chi connectivity index (χ1n) is 5.84. The van der Waals surface area contributed by atoms with E-state index in [0.717, 1.165) is 4.47 Å². The van der Waals surface area contributed by atoms with Gasteiger partial charge in [-0.05, 0) is 36.4 Å². The third kappa shape index (κ3) is 2.84. The topological polar surface area (TPSA) is 30.2 Å². The summed E-state index contributed by atoms with van der Waals surface area (Å²) in [6, 6.07) is 9.89. The van der Waals surface area contributed by atoms with E-state index < -0.39 is 0 Å². The highest BCUT2D eigenvalue weighted by molar-refractivity contribution is 9.10. The van der Waals surface area contributed by atoms with E-state index in [1.165, 1.54) is 0 Å². The number of carbonyl (C=O) groups is 1. The molecule has 1 heterocycles. The quantitative estimate of drug-likeness (QED) is 0.464. The molecule has 0 amide bonds. The Morgan fingerprint density at radius 1 is 1.00 bits per heavy atom. The molecule has 21 heavy (non-hydrogen) atoms. The molecule has 2 nitrogen and oxygen atoms in total. The van der Waals surface area contributed by atoms with Crippen LogP contribution in [-0.2, 0) is 0 Å². The molecule has 0 bridgehead atoms. The molecule has 106 valence electrons. The second kappa shape index (κ2) is 5.65. The minimum absolute atomic E-state index is 0.165. The van der Waals surface area contributed by atoms with Crippen LogP contribution in [0.4, 0.5) is 0 Å². The van der Waals surface area contributed by atoms with Gasteiger partial charge < -0.3 is 4.42 Å². The molecule has 6 heteroatoms. The molecule has 0 unspecified atom stereocenters. The molecule has 0 atom stereocenters. The minimum Gasteiger partial charge on any atom is -0.451 e.